The summed E-state index contributed by atoms with van der Waals surface area (Å²) in [6.45, 7) is 0.639. The van der Waals surface area contributed by atoms with Crippen LogP contribution in [0.25, 0.3) is 0 Å². The number of rotatable bonds is 11. The largest absolute Gasteiger partial charge is 0.460 e. The summed E-state index contributed by atoms with van der Waals surface area (Å²) in [4.78, 5) is 24.0. The highest BCUT2D eigenvalue weighted by Gasteiger charge is 2.25. The minimum atomic E-state index is -4.19. The Morgan fingerprint density at radius 3 is 2.03 bits per heavy atom. The summed E-state index contributed by atoms with van der Waals surface area (Å²) < 4.78 is 38.0. The zero-order chi connectivity index (χ0) is 24.6. The third-order valence-corrected chi connectivity index (χ3v) is 5.78. The maximum atomic E-state index is 13.1. The van der Waals surface area contributed by atoms with Gasteiger partial charge in [0.1, 0.15) is 12.5 Å². The molecule has 3 aromatic carbocycles. The lowest BCUT2D eigenvalue weighted by atomic mass is 9.91. The summed E-state index contributed by atoms with van der Waals surface area (Å²) in [5.41, 5.74) is 1.61. The van der Waals surface area contributed by atoms with Gasteiger partial charge in [0.2, 0.25) is 0 Å². The average Bonchev–Trinajstić information content (AvgIpc) is 2.83. The van der Waals surface area contributed by atoms with Gasteiger partial charge in [-0.15, -0.1) is 0 Å². The van der Waals surface area contributed by atoms with E-state index < -0.39 is 33.8 Å². The van der Waals surface area contributed by atoms with Crippen LogP contribution < -0.4 is 0 Å². The number of benzene rings is 3. The normalized spacial score (nSPS) is 11.4. The topological polar surface area (TPSA) is 122 Å². The standard InChI is InChI=1S/C24H23NO8S/c1-2-32-34(29,30)33-16-18-13-14-22(25(27)28)21(15-18)17-31-24(26)23(19-9-5-3-6-10-19)20-11-7-4-8-12-20/h3-15,23H,2,16-17H2,1H3. The molecule has 3 rings (SSSR count). The van der Waals surface area contributed by atoms with Gasteiger partial charge in [0.05, 0.1) is 23.7 Å². The Balaban J connectivity index is 1.81. The molecule has 0 aromatic heterocycles. The zero-order valence-corrected chi connectivity index (χ0v) is 19.1. The van der Waals surface area contributed by atoms with Gasteiger partial charge >= 0.3 is 16.4 Å². The molecule has 0 aliphatic rings. The lowest BCUT2D eigenvalue weighted by Crippen LogP contribution is -2.17. The van der Waals surface area contributed by atoms with Crippen LogP contribution in [0, 0.1) is 10.1 Å². The highest BCUT2D eigenvalue weighted by molar-refractivity contribution is 7.81. The quantitative estimate of drug-likeness (QED) is 0.224. The first-order valence-corrected chi connectivity index (χ1v) is 11.7. The van der Waals surface area contributed by atoms with Gasteiger partial charge in [0.25, 0.3) is 5.69 Å². The van der Waals surface area contributed by atoms with Crippen molar-refractivity contribution in [2.75, 3.05) is 6.61 Å². The van der Waals surface area contributed by atoms with Crippen molar-refractivity contribution in [3.63, 3.8) is 0 Å². The minimum absolute atomic E-state index is 0.0895. The molecule has 0 unspecified atom stereocenters. The number of nitrogens with zero attached hydrogens (tertiary/aromatic N) is 1. The molecule has 9 nitrogen and oxygen atoms in total. The summed E-state index contributed by atoms with van der Waals surface area (Å²) in [7, 11) is -4.19. The lowest BCUT2D eigenvalue weighted by Gasteiger charge is -2.17. The van der Waals surface area contributed by atoms with Crippen LogP contribution in [0.2, 0.25) is 0 Å². The Kier molecular flexibility index (Phi) is 8.47. The highest BCUT2D eigenvalue weighted by Crippen LogP contribution is 2.28. The monoisotopic (exact) mass is 485 g/mol. The van der Waals surface area contributed by atoms with Gasteiger partial charge in [0, 0.05) is 6.07 Å². The fourth-order valence-electron chi connectivity index (χ4n) is 3.33. The van der Waals surface area contributed by atoms with Crippen LogP contribution in [0.3, 0.4) is 0 Å². The van der Waals surface area contributed by atoms with E-state index in [-0.39, 0.29) is 24.5 Å². The van der Waals surface area contributed by atoms with E-state index in [1.165, 1.54) is 25.1 Å². The van der Waals surface area contributed by atoms with Crippen molar-refractivity contribution >= 4 is 22.1 Å². The average molecular weight is 486 g/mol. The molecule has 0 saturated heterocycles. The van der Waals surface area contributed by atoms with Gasteiger partial charge in [-0.25, -0.2) is 8.37 Å². The molecule has 0 atom stereocenters. The van der Waals surface area contributed by atoms with Crippen molar-refractivity contribution in [1.29, 1.82) is 0 Å². The lowest BCUT2D eigenvalue weighted by molar-refractivity contribution is -0.385. The van der Waals surface area contributed by atoms with Crippen LogP contribution in [0.1, 0.15) is 35.1 Å². The van der Waals surface area contributed by atoms with Crippen LogP contribution >= 0.6 is 0 Å². The number of hydrogen-bond acceptors (Lipinski definition) is 8. The minimum Gasteiger partial charge on any atom is -0.460 e. The Morgan fingerprint density at radius 1 is 0.912 bits per heavy atom. The summed E-state index contributed by atoms with van der Waals surface area (Å²) in [5, 5.41) is 11.5. The Labute approximate surface area is 197 Å². The predicted octanol–water partition coefficient (Wildman–Crippen LogP) is 4.27. The second-order valence-electron chi connectivity index (χ2n) is 7.16. The molecule has 10 heteroatoms. The van der Waals surface area contributed by atoms with Crippen molar-refractivity contribution in [1.82, 2.24) is 0 Å². The van der Waals surface area contributed by atoms with Crippen molar-refractivity contribution in [2.45, 2.75) is 26.1 Å². The number of hydrogen-bond donors (Lipinski definition) is 0. The molecule has 3 aromatic rings. The van der Waals surface area contributed by atoms with E-state index in [2.05, 4.69) is 4.18 Å². The van der Waals surface area contributed by atoms with Crippen LogP contribution in [-0.4, -0.2) is 25.9 Å². The number of carbonyl (C=O) groups is 1. The van der Waals surface area contributed by atoms with Crippen LogP contribution in [0.15, 0.2) is 78.9 Å². The molecule has 0 aliphatic carbocycles. The molecule has 0 saturated carbocycles. The second-order valence-corrected chi connectivity index (χ2v) is 8.45. The molecule has 0 spiro atoms. The van der Waals surface area contributed by atoms with Crippen molar-refractivity contribution in [3.05, 3.63) is 111 Å². The fraction of sp³-hybridized carbons (Fsp3) is 0.208. The van der Waals surface area contributed by atoms with E-state index in [4.69, 9.17) is 8.92 Å². The highest BCUT2D eigenvalue weighted by atomic mass is 32.3. The first kappa shape index (κ1) is 25.0. The van der Waals surface area contributed by atoms with E-state index in [0.717, 1.165) is 11.1 Å². The molecule has 0 bridgehead atoms. The van der Waals surface area contributed by atoms with Crippen LogP contribution in [-0.2, 0) is 41.5 Å². The van der Waals surface area contributed by atoms with Crippen molar-refractivity contribution in [2.24, 2.45) is 0 Å². The van der Waals surface area contributed by atoms with Gasteiger partial charge in [-0.3, -0.25) is 14.9 Å². The van der Waals surface area contributed by atoms with E-state index in [0.29, 0.717) is 5.56 Å². The van der Waals surface area contributed by atoms with Crippen molar-refractivity contribution in [3.8, 4) is 0 Å². The van der Waals surface area contributed by atoms with E-state index in [1.807, 2.05) is 36.4 Å². The fourth-order valence-corrected chi connectivity index (χ4v) is 3.97. The predicted molar refractivity (Wildman–Crippen MR) is 123 cm³/mol. The van der Waals surface area contributed by atoms with Gasteiger partial charge < -0.3 is 4.74 Å². The number of nitro benzene ring substituents is 1. The molecule has 34 heavy (non-hydrogen) atoms. The van der Waals surface area contributed by atoms with Crippen LogP contribution in [0.5, 0.6) is 0 Å². The SMILES string of the molecule is CCOS(=O)(=O)OCc1ccc([N+](=O)[O-])c(COC(=O)C(c2ccccc2)c2ccccc2)c1. The second kappa shape index (κ2) is 11.5. The van der Waals surface area contributed by atoms with E-state index in [1.54, 1.807) is 24.3 Å². The summed E-state index contributed by atoms with van der Waals surface area (Å²) in [6, 6.07) is 22.1. The molecule has 178 valence electrons. The Hall–Kier alpha value is -3.60. The molecular weight excluding hydrogens is 462 g/mol. The first-order valence-electron chi connectivity index (χ1n) is 10.4. The maximum Gasteiger partial charge on any atom is 0.400 e. The van der Waals surface area contributed by atoms with Gasteiger partial charge in [0.15, 0.2) is 0 Å². The molecule has 0 N–H and O–H groups in total. The number of esters is 1. The maximum absolute atomic E-state index is 13.1. The molecule has 0 fully saturated rings. The first-order chi connectivity index (χ1) is 16.3. The summed E-state index contributed by atoms with van der Waals surface area (Å²) in [6.07, 6.45) is 0. The van der Waals surface area contributed by atoms with E-state index >= 15 is 0 Å². The Bertz CT molecular complexity index is 1190. The summed E-state index contributed by atoms with van der Waals surface area (Å²) in [5.74, 6) is -1.29. The van der Waals surface area contributed by atoms with E-state index in [9.17, 15) is 23.3 Å². The molecule has 0 amide bonds. The van der Waals surface area contributed by atoms with Gasteiger partial charge in [-0.1, -0.05) is 60.7 Å². The molecule has 0 radical (unpaired) electrons. The number of nitro groups is 1. The Morgan fingerprint density at radius 2 is 1.50 bits per heavy atom. The number of ether oxygens (including phenoxy) is 1. The van der Waals surface area contributed by atoms with Gasteiger partial charge in [-0.05, 0) is 35.7 Å². The molecule has 0 heterocycles. The molecular formula is C24H23NO8S. The molecule has 0 aliphatic heterocycles. The van der Waals surface area contributed by atoms with Crippen molar-refractivity contribution < 1.29 is 31.2 Å². The third kappa shape index (κ3) is 6.70. The number of carbonyl (C=O) groups excluding carboxylic acids is 1. The van der Waals surface area contributed by atoms with Gasteiger partial charge in [-0.2, -0.15) is 8.42 Å². The third-order valence-electron chi connectivity index (χ3n) is 4.84. The zero-order valence-electron chi connectivity index (χ0n) is 18.3. The smallest absolute Gasteiger partial charge is 0.400 e. The summed E-state index contributed by atoms with van der Waals surface area (Å²) >= 11 is 0. The van der Waals surface area contributed by atoms with Crippen LogP contribution in [0.4, 0.5) is 5.69 Å².